The van der Waals surface area contributed by atoms with Gasteiger partial charge in [-0.15, -0.1) is 0 Å². The largest absolute Gasteiger partial charge is 0.325 e. The average molecular weight is 242 g/mol. The molecule has 0 atom stereocenters. The molecule has 1 saturated carbocycles. The summed E-state index contributed by atoms with van der Waals surface area (Å²) < 4.78 is 2.03. The summed E-state index contributed by atoms with van der Waals surface area (Å²) in [6.45, 7) is 5.30. The number of rotatable bonds is 5. The molecule has 1 heterocycles. The quantitative estimate of drug-likeness (QED) is 0.861. The van der Waals surface area contributed by atoms with Gasteiger partial charge in [-0.2, -0.15) is 5.10 Å². The van der Waals surface area contributed by atoms with E-state index >= 15 is 0 Å². The summed E-state index contributed by atoms with van der Waals surface area (Å²) in [5.74, 6) is 0.586. The Morgan fingerprint density at radius 1 is 1.56 bits per heavy atom. The molecule has 0 bridgehead atoms. The van der Waals surface area contributed by atoms with Crippen LogP contribution < -0.4 is 5.73 Å². The Kier molecular flexibility index (Phi) is 3.27. The Hall–Kier alpha value is -0.540. The summed E-state index contributed by atoms with van der Waals surface area (Å²) >= 11 is 6.15. The molecule has 0 aromatic carbocycles. The zero-order valence-corrected chi connectivity index (χ0v) is 10.8. The minimum absolute atomic E-state index is 0.0935. The van der Waals surface area contributed by atoms with E-state index < -0.39 is 0 Å². The van der Waals surface area contributed by atoms with Gasteiger partial charge in [-0.25, -0.2) is 0 Å². The zero-order chi connectivity index (χ0) is 11.8. The lowest BCUT2D eigenvalue weighted by molar-refractivity contribution is 0.461. The van der Waals surface area contributed by atoms with E-state index in [0.29, 0.717) is 5.92 Å². The van der Waals surface area contributed by atoms with Crippen molar-refractivity contribution in [3.05, 3.63) is 16.9 Å². The van der Waals surface area contributed by atoms with Gasteiger partial charge in [0.25, 0.3) is 0 Å². The smallest absolute Gasteiger partial charge is 0.0817 e. The molecule has 1 aliphatic rings. The maximum absolute atomic E-state index is 6.15. The van der Waals surface area contributed by atoms with E-state index in [9.17, 15) is 0 Å². The molecule has 1 aromatic heterocycles. The van der Waals surface area contributed by atoms with Crippen molar-refractivity contribution in [1.29, 1.82) is 0 Å². The lowest BCUT2D eigenvalue weighted by Crippen LogP contribution is -2.23. The molecule has 0 saturated heterocycles. The second-order valence-electron chi connectivity index (χ2n) is 5.38. The van der Waals surface area contributed by atoms with E-state index in [1.54, 1.807) is 6.20 Å². The van der Waals surface area contributed by atoms with Crippen LogP contribution in [0.4, 0.5) is 0 Å². The molecule has 3 nitrogen and oxygen atoms in total. The summed E-state index contributed by atoms with van der Waals surface area (Å²) in [5, 5.41) is 5.10. The van der Waals surface area contributed by atoms with E-state index in [-0.39, 0.29) is 5.54 Å². The van der Waals surface area contributed by atoms with Gasteiger partial charge in [0.2, 0.25) is 0 Å². The van der Waals surface area contributed by atoms with Crippen molar-refractivity contribution in [2.75, 3.05) is 0 Å². The molecule has 2 N–H and O–H groups in total. The molecule has 0 spiro atoms. The molecule has 1 fully saturated rings. The van der Waals surface area contributed by atoms with Crippen molar-refractivity contribution in [3.8, 4) is 0 Å². The van der Waals surface area contributed by atoms with Gasteiger partial charge >= 0.3 is 0 Å². The predicted octanol–water partition coefficient (Wildman–Crippen LogP) is 2.62. The van der Waals surface area contributed by atoms with Crippen molar-refractivity contribution in [2.24, 2.45) is 11.7 Å². The van der Waals surface area contributed by atoms with E-state index in [0.717, 1.165) is 42.9 Å². The van der Waals surface area contributed by atoms with Crippen LogP contribution in [0.2, 0.25) is 5.02 Å². The average Bonchev–Trinajstić information content (AvgIpc) is 2.83. The van der Waals surface area contributed by atoms with Crippen LogP contribution in [0.5, 0.6) is 0 Å². The highest BCUT2D eigenvalue weighted by molar-refractivity contribution is 6.31. The standard InChI is InChI=1S/C12H20ClN3/c1-9(2)8-16-11(10(13)7-15-16)3-4-12(14)5-6-12/h7,9H,3-6,8,14H2,1-2H3. The van der Waals surface area contributed by atoms with Crippen LogP contribution in [0, 0.1) is 5.92 Å². The lowest BCUT2D eigenvalue weighted by Gasteiger charge is -2.12. The molecule has 2 rings (SSSR count). The Morgan fingerprint density at radius 3 is 2.81 bits per heavy atom. The molecule has 90 valence electrons. The molecule has 0 radical (unpaired) electrons. The number of nitrogens with two attached hydrogens (primary N) is 1. The number of nitrogens with zero attached hydrogens (tertiary/aromatic N) is 2. The predicted molar refractivity (Wildman–Crippen MR) is 66.5 cm³/mol. The van der Waals surface area contributed by atoms with Crippen molar-refractivity contribution < 1.29 is 0 Å². The maximum Gasteiger partial charge on any atom is 0.0817 e. The van der Waals surface area contributed by atoms with Gasteiger partial charge in [-0.3, -0.25) is 4.68 Å². The minimum atomic E-state index is 0.0935. The van der Waals surface area contributed by atoms with Crippen molar-refractivity contribution >= 4 is 11.6 Å². The van der Waals surface area contributed by atoms with Crippen LogP contribution in [0.3, 0.4) is 0 Å². The molecule has 0 amide bonds. The summed E-state index contributed by atoms with van der Waals surface area (Å²) in [4.78, 5) is 0. The fourth-order valence-electron chi connectivity index (χ4n) is 1.92. The Balaban J connectivity index is 2.02. The third kappa shape index (κ3) is 2.77. The first-order valence-corrected chi connectivity index (χ1v) is 6.37. The van der Waals surface area contributed by atoms with Gasteiger partial charge in [-0.1, -0.05) is 25.4 Å². The van der Waals surface area contributed by atoms with Crippen molar-refractivity contribution in [1.82, 2.24) is 9.78 Å². The molecule has 0 aliphatic heterocycles. The van der Waals surface area contributed by atoms with E-state index in [1.165, 1.54) is 0 Å². The van der Waals surface area contributed by atoms with Crippen LogP contribution in [0.15, 0.2) is 6.20 Å². The second-order valence-corrected chi connectivity index (χ2v) is 5.78. The summed E-state index contributed by atoms with van der Waals surface area (Å²) in [5.41, 5.74) is 7.33. The summed E-state index contributed by atoms with van der Waals surface area (Å²) in [6, 6.07) is 0. The van der Waals surface area contributed by atoms with E-state index in [1.807, 2.05) is 4.68 Å². The molecular weight excluding hydrogens is 222 g/mol. The lowest BCUT2D eigenvalue weighted by atomic mass is 10.1. The van der Waals surface area contributed by atoms with Crippen LogP contribution in [0.1, 0.15) is 38.8 Å². The first-order valence-electron chi connectivity index (χ1n) is 5.99. The third-order valence-corrected chi connectivity index (χ3v) is 3.50. The van der Waals surface area contributed by atoms with Crippen LogP contribution in [-0.4, -0.2) is 15.3 Å². The fourth-order valence-corrected chi connectivity index (χ4v) is 2.15. The van der Waals surface area contributed by atoms with E-state index in [2.05, 4.69) is 18.9 Å². The van der Waals surface area contributed by atoms with Gasteiger partial charge in [-0.05, 0) is 31.6 Å². The third-order valence-electron chi connectivity index (χ3n) is 3.19. The summed E-state index contributed by atoms with van der Waals surface area (Å²) in [6.07, 6.45) is 6.03. The van der Waals surface area contributed by atoms with Crippen LogP contribution >= 0.6 is 11.6 Å². The molecule has 1 aromatic rings. The van der Waals surface area contributed by atoms with Crippen LogP contribution in [0.25, 0.3) is 0 Å². The Bertz CT molecular complexity index is 366. The highest BCUT2D eigenvalue weighted by Gasteiger charge is 2.37. The first-order chi connectivity index (χ1) is 7.50. The van der Waals surface area contributed by atoms with Gasteiger partial charge in [0.05, 0.1) is 16.9 Å². The number of halogens is 1. The Labute approximate surface area is 102 Å². The monoisotopic (exact) mass is 241 g/mol. The van der Waals surface area contributed by atoms with Gasteiger partial charge in [0.15, 0.2) is 0 Å². The van der Waals surface area contributed by atoms with Crippen molar-refractivity contribution in [2.45, 2.75) is 51.6 Å². The highest BCUT2D eigenvalue weighted by atomic mass is 35.5. The molecule has 16 heavy (non-hydrogen) atoms. The topological polar surface area (TPSA) is 43.8 Å². The maximum atomic E-state index is 6.15. The molecule has 4 heteroatoms. The van der Waals surface area contributed by atoms with Gasteiger partial charge in [0.1, 0.15) is 0 Å². The highest BCUT2D eigenvalue weighted by Crippen LogP contribution is 2.37. The van der Waals surface area contributed by atoms with Gasteiger partial charge < -0.3 is 5.73 Å². The molecular formula is C12H20ClN3. The van der Waals surface area contributed by atoms with Crippen LogP contribution in [-0.2, 0) is 13.0 Å². The number of hydrogen-bond acceptors (Lipinski definition) is 2. The fraction of sp³-hybridized carbons (Fsp3) is 0.750. The SMILES string of the molecule is CC(C)Cn1ncc(Cl)c1CCC1(N)CC1. The summed E-state index contributed by atoms with van der Waals surface area (Å²) in [7, 11) is 0. The molecule has 1 aliphatic carbocycles. The van der Waals surface area contributed by atoms with E-state index in [4.69, 9.17) is 17.3 Å². The normalized spacial score (nSPS) is 18.1. The van der Waals surface area contributed by atoms with Gasteiger partial charge in [0, 0.05) is 12.1 Å². The molecule has 0 unspecified atom stereocenters. The minimum Gasteiger partial charge on any atom is -0.325 e. The zero-order valence-electron chi connectivity index (χ0n) is 10.0. The van der Waals surface area contributed by atoms with Crippen molar-refractivity contribution in [3.63, 3.8) is 0 Å². The number of aromatic nitrogens is 2. The first kappa shape index (κ1) is 11.9. The second kappa shape index (κ2) is 4.38. The number of hydrogen-bond donors (Lipinski definition) is 1. The Morgan fingerprint density at radius 2 is 2.25 bits per heavy atom.